The van der Waals surface area contributed by atoms with Crippen molar-refractivity contribution in [2.45, 2.75) is 6.54 Å². The second-order valence-corrected chi connectivity index (χ2v) is 5.39. The van der Waals surface area contributed by atoms with Crippen LogP contribution in [-0.2, 0) is 6.54 Å². The van der Waals surface area contributed by atoms with Crippen LogP contribution in [0.15, 0.2) is 40.9 Å². The Kier molecular flexibility index (Phi) is 4.49. The first kappa shape index (κ1) is 14.7. The minimum absolute atomic E-state index is 0.161. The van der Waals surface area contributed by atoms with Crippen molar-refractivity contribution in [1.29, 1.82) is 0 Å². The molecule has 0 aliphatic heterocycles. The van der Waals surface area contributed by atoms with Crippen LogP contribution in [0.3, 0.4) is 0 Å². The molecule has 2 rings (SSSR count). The lowest BCUT2D eigenvalue weighted by Gasteiger charge is -2.20. The Hall–Kier alpha value is -1.75. The molecule has 0 fully saturated rings. The van der Waals surface area contributed by atoms with E-state index in [1.165, 1.54) is 6.07 Å². The second-order valence-electron chi connectivity index (χ2n) is 4.53. The number of anilines is 2. The Morgan fingerprint density at radius 2 is 2.00 bits per heavy atom. The molecular formula is C15H16BrFN2O. The number of hydrogen-bond donors (Lipinski definition) is 1. The molecule has 0 aliphatic rings. The van der Waals surface area contributed by atoms with Crippen molar-refractivity contribution in [3.63, 3.8) is 0 Å². The van der Waals surface area contributed by atoms with Gasteiger partial charge in [0.1, 0.15) is 11.6 Å². The molecule has 0 unspecified atom stereocenters. The van der Waals surface area contributed by atoms with Crippen LogP contribution in [0.4, 0.5) is 15.8 Å². The van der Waals surface area contributed by atoms with Crippen molar-refractivity contribution in [3.05, 3.63) is 52.3 Å². The highest BCUT2D eigenvalue weighted by Crippen LogP contribution is 2.27. The zero-order valence-corrected chi connectivity index (χ0v) is 12.9. The topological polar surface area (TPSA) is 38.5 Å². The maximum absolute atomic E-state index is 13.5. The van der Waals surface area contributed by atoms with Gasteiger partial charge in [-0.3, -0.25) is 0 Å². The third-order valence-corrected chi connectivity index (χ3v) is 3.68. The van der Waals surface area contributed by atoms with E-state index in [2.05, 4.69) is 15.9 Å². The molecule has 0 spiro atoms. The molecule has 3 nitrogen and oxygen atoms in total. The molecule has 2 aromatic carbocycles. The zero-order chi connectivity index (χ0) is 14.7. The summed E-state index contributed by atoms with van der Waals surface area (Å²) in [5.74, 6) is 0.389. The van der Waals surface area contributed by atoms with Gasteiger partial charge in [-0.25, -0.2) is 4.39 Å². The van der Waals surface area contributed by atoms with E-state index in [9.17, 15) is 4.39 Å². The fraction of sp³-hybridized carbons (Fsp3) is 0.200. The summed E-state index contributed by atoms with van der Waals surface area (Å²) in [7, 11) is 3.53. The molecular weight excluding hydrogens is 323 g/mol. The SMILES string of the molecule is COc1ccc(CN(C)c2ccc(N)c(F)c2)cc1Br. The van der Waals surface area contributed by atoms with Crippen molar-refractivity contribution in [2.75, 3.05) is 24.8 Å². The lowest BCUT2D eigenvalue weighted by molar-refractivity contribution is 0.412. The van der Waals surface area contributed by atoms with Crippen LogP contribution >= 0.6 is 15.9 Å². The standard InChI is InChI=1S/C15H16BrFN2O/c1-19(11-4-5-14(18)13(17)8-11)9-10-3-6-15(20-2)12(16)7-10/h3-8H,9,18H2,1-2H3. The number of nitrogens with two attached hydrogens (primary N) is 1. The van der Waals surface area contributed by atoms with Crippen LogP contribution < -0.4 is 15.4 Å². The van der Waals surface area contributed by atoms with Crippen molar-refractivity contribution < 1.29 is 9.13 Å². The molecule has 5 heteroatoms. The smallest absolute Gasteiger partial charge is 0.148 e. The summed E-state index contributed by atoms with van der Waals surface area (Å²) >= 11 is 3.45. The van der Waals surface area contributed by atoms with Crippen LogP contribution in [0, 0.1) is 5.82 Å². The summed E-state index contributed by atoms with van der Waals surface area (Å²) < 4.78 is 19.6. The fourth-order valence-corrected chi connectivity index (χ4v) is 2.51. The van der Waals surface area contributed by atoms with E-state index < -0.39 is 5.82 Å². The first-order valence-corrected chi connectivity index (χ1v) is 6.89. The van der Waals surface area contributed by atoms with Gasteiger partial charge in [0.2, 0.25) is 0 Å². The average molecular weight is 339 g/mol. The monoisotopic (exact) mass is 338 g/mol. The Morgan fingerprint density at radius 1 is 1.25 bits per heavy atom. The molecule has 0 saturated carbocycles. The van der Waals surface area contributed by atoms with E-state index in [-0.39, 0.29) is 5.69 Å². The third kappa shape index (κ3) is 3.22. The Labute approximate surface area is 126 Å². The van der Waals surface area contributed by atoms with Crippen molar-refractivity contribution >= 4 is 27.3 Å². The van der Waals surface area contributed by atoms with Gasteiger partial charge in [-0.2, -0.15) is 0 Å². The molecule has 2 aromatic rings. The quantitative estimate of drug-likeness (QED) is 0.861. The van der Waals surface area contributed by atoms with Gasteiger partial charge in [-0.1, -0.05) is 6.07 Å². The lowest BCUT2D eigenvalue weighted by atomic mass is 10.2. The van der Waals surface area contributed by atoms with Gasteiger partial charge in [0.25, 0.3) is 0 Å². The molecule has 2 N–H and O–H groups in total. The first-order valence-electron chi connectivity index (χ1n) is 6.10. The normalized spacial score (nSPS) is 10.4. The summed E-state index contributed by atoms with van der Waals surface area (Å²) in [6.45, 7) is 0.659. The summed E-state index contributed by atoms with van der Waals surface area (Å²) in [4.78, 5) is 1.96. The number of rotatable bonds is 4. The zero-order valence-electron chi connectivity index (χ0n) is 11.4. The molecule has 0 amide bonds. The first-order chi connectivity index (χ1) is 9.51. The number of halogens is 2. The van der Waals surface area contributed by atoms with Gasteiger partial charge in [-0.05, 0) is 51.8 Å². The molecule has 0 aliphatic carbocycles. The van der Waals surface area contributed by atoms with Gasteiger partial charge in [0, 0.05) is 19.3 Å². The lowest BCUT2D eigenvalue weighted by Crippen LogP contribution is -2.16. The molecule has 0 bridgehead atoms. The van der Waals surface area contributed by atoms with Gasteiger partial charge in [-0.15, -0.1) is 0 Å². The van der Waals surface area contributed by atoms with Crippen molar-refractivity contribution in [1.82, 2.24) is 0 Å². The Balaban J connectivity index is 2.16. The summed E-state index contributed by atoms with van der Waals surface area (Å²) in [6, 6.07) is 10.7. The number of hydrogen-bond acceptors (Lipinski definition) is 3. The highest BCUT2D eigenvalue weighted by atomic mass is 79.9. The molecule has 0 aromatic heterocycles. The number of methoxy groups -OCH3 is 1. The van der Waals surface area contributed by atoms with Crippen LogP contribution in [0.1, 0.15) is 5.56 Å². The molecule has 0 saturated heterocycles. The van der Waals surface area contributed by atoms with E-state index in [1.807, 2.05) is 30.1 Å². The third-order valence-electron chi connectivity index (χ3n) is 3.06. The highest BCUT2D eigenvalue weighted by Gasteiger charge is 2.07. The maximum Gasteiger partial charge on any atom is 0.148 e. The van der Waals surface area contributed by atoms with Gasteiger partial charge in [0.15, 0.2) is 0 Å². The van der Waals surface area contributed by atoms with Gasteiger partial charge in [0.05, 0.1) is 17.3 Å². The molecule has 0 atom stereocenters. The largest absolute Gasteiger partial charge is 0.496 e. The molecule has 20 heavy (non-hydrogen) atoms. The Bertz CT molecular complexity index is 619. The molecule has 0 heterocycles. The van der Waals surface area contributed by atoms with Crippen molar-refractivity contribution in [3.8, 4) is 5.75 Å². The van der Waals surface area contributed by atoms with E-state index in [1.54, 1.807) is 19.2 Å². The fourth-order valence-electron chi connectivity index (χ4n) is 1.93. The van der Waals surface area contributed by atoms with Gasteiger partial charge < -0.3 is 15.4 Å². The Morgan fingerprint density at radius 3 is 2.60 bits per heavy atom. The van der Waals surface area contributed by atoms with Gasteiger partial charge >= 0.3 is 0 Å². The predicted molar refractivity (Wildman–Crippen MR) is 83.6 cm³/mol. The summed E-state index contributed by atoms with van der Waals surface area (Å²) in [6.07, 6.45) is 0. The number of benzene rings is 2. The average Bonchev–Trinajstić information content (AvgIpc) is 2.42. The molecule has 0 radical (unpaired) electrons. The van der Waals surface area contributed by atoms with E-state index >= 15 is 0 Å². The maximum atomic E-state index is 13.5. The summed E-state index contributed by atoms with van der Waals surface area (Å²) in [5, 5.41) is 0. The predicted octanol–water partition coefficient (Wildman–Crippen LogP) is 3.82. The van der Waals surface area contributed by atoms with E-state index in [4.69, 9.17) is 10.5 Å². The molecule has 106 valence electrons. The van der Waals surface area contributed by atoms with Crippen LogP contribution in [-0.4, -0.2) is 14.2 Å². The minimum Gasteiger partial charge on any atom is -0.496 e. The number of nitrogens with zero attached hydrogens (tertiary/aromatic N) is 1. The van der Waals surface area contributed by atoms with E-state index in [0.29, 0.717) is 6.54 Å². The van der Waals surface area contributed by atoms with Crippen LogP contribution in [0.2, 0.25) is 0 Å². The minimum atomic E-state index is -0.398. The van der Waals surface area contributed by atoms with Crippen LogP contribution in [0.25, 0.3) is 0 Å². The highest BCUT2D eigenvalue weighted by molar-refractivity contribution is 9.10. The summed E-state index contributed by atoms with van der Waals surface area (Å²) in [5.41, 5.74) is 7.52. The second kappa shape index (κ2) is 6.13. The van der Waals surface area contributed by atoms with Crippen molar-refractivity contribution in [2.24, 2.45) is 0 Å². The van der Waals surface area contributed by atoms with E-state index in [0.717, 1.165) is 21.5 Å². The van der Waals surface area contributed by atoms with Crippen LogP contribution in [0.5, 0.6) is 5.75 Å². The number of ether oxygens (including phenoxy) is 1. The number of nitrogen functional groups attached to an aromatic ring is 1.